The van der Waals surface area contributed by atoms with Crippen molar-refractivity contribution in [3.8, 4) is 6.07 Å². The maximum absolute atomic E-state index is 9.13. The Morgan fingerprint density at radius 2 is 2.21 bits per heavy atom. The topological polar surface area (TPSA) is 57.2 Å². The van der Waals surface area contributed by atoms with Crippen molar-refractivity contribution in [2.45, 2.75) is 46.2 Å². The van der Waals surface area contributed by atoms with Gasteiger partial charge in [0.05, 0.1) is 6.20 Å². The summed E-state index contributed by atoms with van der Waals surface area (Å²) < 4.78 is 1.82. The van der Waals surface area contributed by atoms with Gasteiger partial charge in [0.1, 0.15) is 17.5 Å². The number of hydrogen-bond donors (Lipinski definition) is 0. The summed E-state index contributed by atoms with van der Waals surface area (Å²) in [5.74, 6) is 1.10. The second kappa shape index (κ2) is 3.95. The van der Waals surface area contributed by atoms with Crippen LogP contribution in [0.3, 0.4) is 0 Å². The second-order valence-corrected chi connectivity index (χ2v) is 5.46. The number of anilines is 1. The lowest BCUT2D eigenvalue weighted by atomic mass is 10.1. The predicted molar refractivity (Wildman–Crippen MR) is 73.2 cm³/mol. The molecule has 0 aromatic carbocycles. The average molecular weight is 255 g/mol. The first-order chi connectivity index (χ1) is 9.04. The van der Waals surface area contributed by atoms with Gasteiger partial charge in [-0.25, -0.2) is 4.98 Å². The van der Waals surface area contributed by atoms with E-state index in [2.05, 4.69) is 41.8 Å². The molecular formula is C14H17N5. The van der Waals surface area contributed by atoms with Crippen LogP contribution in [-0.4, -0.2) is 26.7 Å². The summed E-state index contributed by atoms with van der Waals surface area (Å²) in [6, 6.07) is 3.00. The largest absolute Gasteiger partial charge is 0.351 e. The molecule has 3 rings (SSSR count). The minimum atomic E-state index is 0.399. The lowest BCUT2D eigenvalue weighted by Gasteiger charge is -2.29. The van der Waals surface area contributed by atoms with E-state index in [4.69, 9.17) is 5.26 Å². The van der Waals surface area contributed by atoms with Crippen LogP contribution in [0, 0.1) is 18.3 Å². The van der Waals surface area contributed by atoms with Crippen molar-refractivity contribution in [3.63, 3.8) is 0 Å². The standard InChI is InChI=1S/C14H17N5/c1-8(2)18-9(3)5-12-10(4)17-13-11(6-15)7-16-19(13)14(12)18/h7-9H,5H2,1-4H3. The van der Waals surface area contributed by atoms with Gasteiger partial charge in [0, 0.05) is 23.3 Å². The average Bonchev–Trinajstić information content (AvgIpc) is 2.89. The van der Waals surface area contributed by atoms with Crippen LogP contribution in [0.2, 0.25) is 0 Å². The van der Waals surface area contributed by atoms with E-state index in [1.165, 1.54) is 5.56 Å². The maximum atomic E-state index is 9.13. The van der Waals surface area contributed by atoms with Gasteiger partial charge in [-0.05, 0) is 34.1 Å². The van der Waals surface area contributed by atoms with E-state index in [1.807, 2.05) is 11.4 Å². The smallest absolute Gasteiger partial charge is 0.175 e. The third kappa shape index (κ3) is 1.53. The van der Waals surface area contributed by atoms with Crippen LogP contribution in [0.4, 0.5) is 5.82 Å². The van der Waals surface area contributed by atoms with Crippen LogP contribution in [0.5, 0.6) is 0 Å². The monoisotopic (exact) mass is 255 g/mol. The Kier molecular flexibility index (Phi) is 2.49. The minimum absolute atomic E-state index is 0.399. The van der Waals surface area contributed by atoms with Crippen molar-refractivity contribution < 1.29 is 0 Å². The quantitative estimate of drug-likeness (QED) is 0.782. The van der Waals surface area contributed by atoms with Gasteiger partial charge in [-0.15, -0.1) is 0 Å². The molecule has 2 aromatic rings. The highest BCUT2D eigenvalue weighted by Crippen LogP contribution is 2.35. The summed E-state index contributed by atoms with van der Waals surface area (Å²) in [6.07, 6.45) is 2.59. The number of rotatable bonds is 1. The molecule has 19 heavy (non-hydrogen) atoms. The van der Waals surface area contributed by atoms with E-state index < -0.39 is 0 Å². The zero-order chi connectivity index (χ0) is 13.7. The van der Waals surface area contributed by atoms with Crippen molar-refractivity contribution in [2.24, 2.45) is 0 Å². The molecule has 2 aromatic heterocycles. The van der Waals surface area contributed by atoms with Crippen LogP contribution in [-0.2, 0) is 6.42 Å². The zero-order valence-electron chi connectivity index (χ0n) is 11.7. The van der Waals surface area contributed by atoms with Gasteiger partial charge in [-0.1, -0.05) is 0 Å². The number of nitriles is 1. The molecule has 98 valence electrons. The van der Waals surface area contributed by atoms with E-state index in [0.717, 1.165) is 17.9 Å². The molecule has 0 spiro atoms. The Morgan fingerprint density at radius 3 is 2.84 bits per heavy atom. The lowest BCUT2D eigenvalue weighted by molar-refractivity contribution is 0.596. The summed E-state index contributed by atoms with van der Waals surface area (Å²) in [5, 5.41) is 13.5. The van der Waals surface area contributed by atoms with Gasteiger partial charge >= 0.3 is 0 Å². The van der Waals surface area contributed by atoms with Crippen LogP contribution >= 0.6 is 0 Å². The van der Waals surface area contributed by atoms with Crippen molar-refractivity contribution in [1.29, 1.82) is 5.26 Å². The highest BCUT2D eigenvalue weighted by Gasteiger charge is 2.33. The summed E-state index contributed by atoms with van der Waals surface area (Å²) in [6.45, 7) is 8.60. The van der Waals surface area contributed by atoms with Gasteiger partial charge in [0.15, 0.2) is 5.65 Å². The van der Waals surface area contributed by atoms with Crippen LogP contribution in [0.25, 0.3) is 5.65 Å². The molecule has 0 N–H and O–H groups in total. The number of aromatic nitrogens is 3. The lowest BCUT2D eigenvalue weighted by Crippen LogP contribution is -2.36. The van der Waals surface area contributed by atoms with Gasteiger partial charge < -0.3 is 4.90 Å². The van der Waals surface area contributed by atoms with Crippen LogP contribution in [0.1, 0.15) is 37.6 Å². The Balaban J connectivity index is 2.36. The van der Waals surface area contributed by atoms with E-state index in [9.17, 15) is 0 Å². The Hall–Kier alpha value is -2.09. The van der Waals surface area contributed by atoms with Crippen LogP contribution in [0.15, 0.2) is 6.20 Å². The number of hydrogen-bond acceptors (Lipinski definition) is 4. The molecule has 1 unspecified atom stereocenters. The Labute approximate surface area is 112 Å². The molecule has 0 fully saturated rings. The molecule has 5 heteroatoms. The van der Waals surface area contributed by atoms with Gasteiger partial charge in [-0.2, -0.15) is 14.9 Å². The van der Waals surface area contributed by atoms with E-state index >= 15 is 0 Å². The van der Waals surface area contributed by atoms with E-state index in [-0.39, 0.29) is 0 Å². The third-order valence-electron chi connectivity index (χ3n) is 3.82. The Bertz CT molecular complexity index is 692. The van der Waals surface area contributed by atoms with Crippen LogP contribution < -0.4 is 4.90 Å². The minimum Gasteiger partial charge on any atom is -0.351 e. The maximum Gasteiger partial charge on any atom is 0.175 e. The fourth-order valence-corrected chi connectivity index (χ4v) is 3.06. The summed E-state index contributed by atoms with van der Waals surface area (Å²) in [7, 11) is 0. The number of aryl methyl sites for hydroxylation is 1. The second-order valence-electron chi connectivity index (χ2n) is 5.46. The summed E-state index contributed by atoms with van der Waals surface area (Å²) in [5.41, 5.74) is 3.46. The molecule has 3 heterocycles. The first kappa shape index (κ1) is 12.0. The fourth-order valence-electron chi connectivity index (χ4n) is 3.06. The molecule has 0 saturated carbocycles. The SMILES string of the molecule is Cc1nc2c(C#N)cnn2c2c1CC(C)N2C(C)C. The summed E-state index contributed by atoms with van der Waals surface area (Å²) >= 11 is 0. The third-order valence-corrected chi connectivity index (χ3v) is 3.82. The van der Waals surface area contributed by atoms with E-state index in [0.29, 0.717) is 23.3 Å². The van der Waals surface area contributed by atoms with Crippen molar-refractivity contribution in [3.05, 3.63) is 23.0 Å². The molecule has 0 amide bonds. The molecular weight excluding hydrogens is 238 g/mol. The van der Waals surface area contributed by atoms with E-state index in [1.54, 1.807) is 6.20 Å². The Morgan fingerprint density at radius 1 is 1.47 bits per heavy atom. The van der Waals surface area contributed by atoms with Gasteiger partial charge in [0.25, 0.3) is 0 Å². The fraction of sp³-hybridized carbons (Fsp3) is 0.500. The van der Waals surface area contributed by atoms with Crippen molar-refractivity contribution >= 4 is 11.5 Å². The first-order valence-electron chi connectivity index (χ1n) is 6.60. The van der Waals surface area contributed by atoms with Crippen molar-refractivity contribution in [1.82, 2.24) is 14.6 Å². The molecule has 0 bridgehead atoms. The molecule has 5 nitrogen and oxygen atoms in total. The molecule has 0 radical (unpaired) electrons. The van der Waals surface area contributed by atoms with Gasteiger partial charge in [-0.3, -0.25) is 0 Å². The molecule has 1 atom stereocenters. The summed E-state index contributed by atoms with van der Waals surface area (Å²) in [4.78, 5) is 6.92. The molecule has 0 aliphatic carbocycles. The highest BCUT2D eigenvalue weighted by atomic mass is 15.4. The molecule has 0 saturated heterocycles. The van der Waals surface area contributed by atoms with Gasteiger partial charge in [0.2, 0.25) is 0 Å². The highest BCUT2D eigenvalue weighted by molar-refractivity contribution is 5.65. The normalized spacial score (nSPS) is 18.1. The number of fused-ring (bicyclic) bond motifs is 3. The number of nitrogens with zero attached hydrogens (tertiary/aromatic N) is 5. The molecule has 1 aliphatic heterocycles. The van der Waals surface area contributed by atoms with Crippen molar-refractivity contribution in [2.75, 3.05) is 4.90 Å². The first-order valence-corrected chi connectivity index (χ1v) is 6.60. The molecule has 1 aliphatic rings. The predicted octanol–water partition coefficient (Wildman–Crippen LogP) is 2.07. The zero-order valence-corrected chi connectivity index (χ0v) is 11.7.